The van der Waals surface area contributed by atoms with Crippen LogP contribution >= 0.6 is 0 Å². The first kappa shape index (κ1) is 19.1. The van der Waals surface area contributed by atoms with E-state index >= 15 is 0 Å². The molecule has 0 aliphatic rings. The predicted molar refractivity (Wildman–Crippen MR) is 94.4 cm³/mol. The van der Waals surface area contributed by atoms with Crippen LogP contribution in [0.1, 0.15) is 22.8 Å². The number of benzene rings is 2. The quantitative estimate of drug-likeness (QED) is 0.737. The van der Waals surface area contributed by atoms with Crippen LogP contribution in [0.4, 0.5) is 0 Å². The number of esters is 1. The summed E-state index contributed by atoms with van der Waals surface area (Å²) in [7, 11) is 2.99. The summed E-state index contributed by atoms with van der Waals surface area (Å²) < 4.78 is 15.3. The molecule has 0 spiro atoms. The third-order valence-corrected chi connectivity index (χ3v) is 3.72. The zero-order chi connectivity index (χ0) is 19.1. The second-order valence-electron chi connectivity index (χ2n) is 5.46. The Balaban J connectivity index is 1.95. The number of hydrogen-bond donors (Lipinski definition) is 2. The summed E-state index contributed by atoms with van der Waals surface area (Å²) in [6.45, 7) is 1.69. The lowest BCUT2D eigenvalue weighted by molar-refractivity contribution is -0.129. The molecule has 138 valence electrons. The van der Waals surface area contributed by atoms with Crippen molar-refractivity contribution >= 4 is 11.9 Å². The fourth-order valence-corrected chi connectivity index (χ4v) is 2.26. The van der Waals surface area contributed by atoms with Crippen LogP contribution in [0.15, 0.2) is 42.5 Å². The van der Waals surface area contributed by atoms with Crippen LogP contribution in [-0.2, 0) is 16.1 Å². The molecule has 7 heteroatoms. The summed E-state index contributed by atoms with van der Waals surface area (Å²) in [5, 5.41) is 12.5. The van der Waals surface area contributed by atoms with E-state index < -0.39 is 18.0 Å². The van der Waals surface area contributed by atoms with Gasteiger partial charge in [-0.3, -0.25) is 4.79 Å². The van der Waals surface area contributed by atoms with Crippen molar-refractivity contribution < 1.29 is 28.9 Å². The van der Waals surface area contributed by atoms with Crippen LogP contribution in [-0.4, -0.2) is 37.3 Å². The van der Waals surface area contributed by atoms with E-state index in [1.807, 2.05) is 18.2 Å². The van der Waals surface area contributed by atoms with Gasteiger partial charge in [0, 0.05) is 18.2 Å². The maximum atomic E-state index is 12.2. The highest BCUT2D eigenvalue weighted by molar-refractivity contribution is 5.94. The monoisotopic (exact) mass is 359 g/mol. The second kappa shape index (κ2) is 8.75. The molecule has 0 bridgehead atoms. The normalized spacial score (nSPS) is 11.3. The molecule has 0 radical (unpaired) electrons. The molecular formula is C19H21NO6. The van der Waals surface area contributed by atoms with Crippen molar-refractivity contribution in [3.63, 3.8) is 0 Å². The number of aromatic hydroxyl groups is 1. The molecule has 0 aliphatic heterocycles. The number of nitrogens with one attached hydrogen (secondary N) is 1. The van der Waals surface area contributed by atoms with E-state index in [9.17, 15) is 14.7 Å². The maximum Gasteiger partial charge on any atom is 0.342 e. The van der Waals surface area contributed by atoms with Crippen LogP contribution in [0, 0.1) is 0 Å². The minimum Gasteiger partial charge on any atom is -0.507 e. The standard InChI is InChI=1S/C19H21NO6/c1-12(18(22)20-11-13-6-4-5-7-17(13)25-3)26-19(23)15-9-8-14(24-2)10-16(15)21/h4-10,12,21H,11H2,1-3H3,(H,20,22)/t12-/m0/s1. The van der Waals surface area contributed by atoms with E-state index in [4.69, 9.17) is 14.2 Å². The Kier molecular flexibility index (Phi) is 6.43. The first-order valence-corrected chi connectivity index (χ1v) is 7.93. The van der Waals surface area contributed by atoms with Crippen LogP contribution in [0.5, 0.6) is 17.2 Å². The number of para-hydroxylation sites is 1. The molecule has 7 nitrogen and oxygen atoms in total. The number of carbonyl (C=O) groups is 2. The molecule has 0 saturated carbocycles. The third-order valence-electron chi connectivity index (χ3n) is 3.72. The Hall–Kier alpha value is -3.22. The van der Waals surface area contributed by atoms with E-state index in [-0.39, 0.29) is 17.9 Å². The summed E-state index contributed by atoms with van der Waals surface area (Å²) in [5.74, 6) is -0.486. The Morgan fingerprint density at radius 2 is 1.85 bits per heavy atom. The molecule has 0 unspecified atom stereocenters. The Bertz CT molecular complexity index is 789. The van der Waals surface area contributed by atoms with Gasteiger partial charge in [-0.25, -0.2) is 4.79 Å². The molecular weight excluding hydrogens is 338 g/mol. The first-order valence-electron chi connectivity index (χ1n) is 7.93. The molecule has 0 aliphatic carbocycles. The van der Waals surface area contributed by atoms with Crippen molar-refractivity contribution in [1.82, 2.24) is 5.32 Å². The molecule has 2 aromatic rings. The number of amides is 1. The Morgan fingerprint density at radius 3 is 2.50 bits per heavy atom. The fourth-order valence-electron chi connectivity index (χ4n) is 2.26. The molecule has 0 heterocycles. The predicted octanol–water partition coefficient (Wildman–Crippen LogP) is 2.27. The van der Waals surface area contributed by atoms with Crippen molar-refractivity contribution in [2.45, 2.75) is 19.6 Å². The minimum atomic E-state index is -1.03. The van der Waals surface area contributed by atoms with Gasteiger partial charge in [0.25, 0.3) is 5.91 Å². The number of phenolic OH excluding ortho intramolecular Hbond substituents is 1. The molecule has 26 heavy (non-hydrogen) atoms. The number of carbonyl (C=O) groups excluding carboxylic acids is 2. The SMILES string of the molecule is COc1ccc(C(=O)O[C@@H](C)C(=O)NCc2ccccc2OC)c(O)c1. The van der Waals surface area contributed by atoms with Gasteiger partial charge in [0.15, 0.2) is 6.10 Å². The largest absolute Gasteiger partial charge is 0.507 e. The zero-order valence-corrected chi connectivity index (χ0v) is 14.8. The van der Waals surface area contributed by atoms with Crippen molar-refractivity contribution in [3.8, 4) is 17.2 Å². The van der Waals surface area contributed by atoms with Crippen LogP contribution in [0.25, 0.3) is 0 Å². The van der Waals surface area contributed by atoms with Gasteiger partial charge in [0.05, 0.1) is 14.2 Å². The zero-order valence-electron chi connectivity index (χ0n) is 14.8. The lowest BCUT2D eigenvalue weighted by Crippen LogP contribution is -2.35. The van der Waals surface area contributed by atoms with Crippen LogP contribution < -0.4 is 14.8 Å². The lowest BCUT2D eigenvalue weighted by Gasteiger charge is -2.15. The highest BCUT2D eigenvalue weighted by Crippen LogP contribution is 2.24. The number of rotatable bonds is 7. The van der Waals surface area contributed by atoms with Gasteiger partial charge in [0.2, 0.25) is 0 Å². The van der Waals surface area contributed by atoms with Gasteiger partial charge in [0.1, 0.15) is 22.8 Å². The number of phenols is 1. The van der Waals surface area contributed by atoms with Gasteiger partial charge in [-0.2, -0.15) is 0 Å². The molecule has 1 amide bonds. The first-order chi connectivity index (χ1) is 12.5. The second-order valence-corrected chi connectivity index (χ2v) is 5.46. The Labute approximate surface area is 151 Å². The van der Waals surface area contributed by atoms with Gasteiger partial charge in [-0.15, -0.1) is 0 Å². The average molecular weight is 359 g/mol. The Morgan fingerprint density at radius 1 is 1.12 bits per heavy atom. The minimum absolute atomic E-state index is 0.0461. The molecule has 1 atom stereocenters. The number of methoxy groups -OCH3 is 2. The summed E-state index contributed by atoms with van der Waals surface area (Å²) >= 11 is 0. The summed E-state index contributed by atoms with van der Waals surface area (Å²) in [6.07, 6.45) is -1.03. The average Bonchev–Trinajstić information content (AvgIpc) is 2.65. The van der Waals surface area contributed by atoms with Gasteiger partial charge in [-0.05, 0) is 25.1 Å². The molecule has 2 rings (SSSR count). The summed E-state index contributed by atoms with van der Waals surface area (Å²) in [4.78, 5) is 24.3. The van der Waals surface area contributed by atoms with E-state index in [0.29, 0.717) is 11.5 Å². The van der Waals surface area contributed by atoms with Gasteiger partial charge >= 0.3 is 5.97 Å². The van der Waals surface area contributed by atoms with E-state index in [0.717, 1.165) is 5.56 Å². The molecule has 0 aromatic heterocycles. The summed E-state index contributed by atoms with van der Waals surface area (Å²) in [6, 6.07) is 11.5. The van der Waals surface area contributed by atoms with Crippen molar-refractivity contribution in [3.05, 3.63) is 53.6 Å². The maximum absolute atomic E-state index is 12.2. The van der Waals surface area contributed by atoms with Crippen molar-refractivity contribution in [1.29, 1.82) is 0 Å². The molecule has 0 saturated heterocycles. The highest BCUT2D eigenvalue weighted by atomic mass is 16.5. The smallest absolute Gasteiger partial charge is 0.342 e. The number of hydrogen-bond acceptors (Lipinski definition) is 6. The molecule has 2 aromatic carbocycles. The van der Waals surface area contributed by atoms with Crippen molar-refractivity contribution in [2.75, 3.05) is 14.2 Å². The summed E-state index contributed by atoms with van der Waals surface area (Å²) in [5.41, 5.74) is 0.754. The molecule has 0 fully saturated rings. The van der Waals surface area contributed by atoms with Crippen LogP contribution in [0.3, 0.4) is 0 Å². The van der Waals surface area contributed by atoms with Crippen LogP contribution in [0.2, 0.25) is 0 Å². The van der Waals surface area contributed by atoms with Crippen molar-refractivity contribution in [2.24, 2.45) is 0 Å². The van der Waals surface area contributed by atoms with E-state index in [1.165, 1.54) is 32.2 Å². The molecule has 2 N–H and O–H groups in total. The lowest BCUT2D eigenvalue weighted by atomic mass is 10.2. The van der Waals surface area contributed by atoms with E-state index in [1.54, 1.807) is 13.2 Å². The van der Waals surface area contributed by atoms with Gasteiger partial charge < -0.3 is 24.6 Å². The topological polar surface area (TPSA) is 94.1 Å². The highest BCUT2D eigenvalue weighted by Gasteiger charge is 2.21. The third kappa shape index (κ3) is 4.66. The fraction of sp³-hybridized carbons (Fsp3) is 0.263. The number of ether oxygens (including phenoxy) is 3. The van der Waals surface area contributed by atoms with Gasteiger partial charge in [-0.1, -0.05) is 18.2 Å². The van der Waals surface area contributed by atoms with E-state index in [2.05, 4.69) is 5.32 Å².